The lowest BCUT2D eigenvalue weighted by molar-refractivity contribution is -0.130. The highest BCUT2D eigenvalue weighted by molar-refractivity contribution is 5.83. The van der Waals surface area contributed by atoms with Crippen LogP contribution in [0.4, 0.5) is 5.69 Å². The Labute approximate surface area is 172 Å². The molecule has 1 fully saturated rings. The lowest BCUT2D eigenvalue weighted by Gasteiger charge is -2.34. The van der Waals surface area contributed by atoms with Crippen LogP contribution in [0.3, 0.4) is 0 Å². The molecule has 3 heterocycles. The van der Waals surface area contributed by atoms with Gasteiger partial charge in [0.1, 0.15) is 13.2 Å². The van der Waals surface area contributed by atoms with Crippen LogP contribution in [-0.4, -0.2) is 43.7 Å². The van der Waals surface area contributed by atoms with Crippen LogP contribution in [0.15, 0.2) is 36.4 Å². The zero-order chi connectivity index (χ0) is 19.8. The molecule has 0 radical (unpaired) electrons. The molecule has 1 amide bonds. The number of amides is 1. The summed E-state index contributed by atoms with van der Waals surface area (Å²) in [5.41, 5.74) is 5.03. The van der Waals surface area contributed by atoms with E-state index in [4.69, 9.17) is 9.47 Å². The molecule has 1 atom stereocenters. The molecular formula is C24H28N2O3. The smallest absolute Gasteiger partial charge is 0.242 e. The second kappa shape index (κ2) is 7.62. The van der Waals surface area contributed by atoms with Gasteiger partial charge in [-0.1, -0.05) is 23.8 Å². The van der Waals surface area contributed by atoms with E-state index in [-0.39, 0.29) is 11.9 Å². The van der Waals surface area contributed by atoms with E-state index in [1.165, 1.54) is 16.8 Å². The quantitative estimate of drug-likeness (QED) is 0.795. The van der Waals surface area contributed by atoms with Crippen molar-refractivity contribution in [3.63, 3.8) is 0 Å². The maximum absolute atomic E-state index is 13.3. The number of anilines is 1. The molecule has 29 heavy (non-hydrogen) atoms. The number of likely N-dealkylation sites (tertiary alicyclic amines) is 1. The molecule has 0 aromatic heterocycles. The van der Waals surface area contributed by atoms with Crippen LogP contribution < -0.4 is 14.4 Å². The maximum Gasteiger partial charge on any atom is 0.242 e. The predicted octanol–water partition coefficient (Wildman–Crippen LogP) is 3.88. The van der Waals surface area contributed by atoms with Crippen molar-refractivity contribution in [1.82, 2.24) is 4.90 Å². The monoisotopic (exact) mass is 392 g/mol. The van der Waals surface area contributed by atoms with Crippen LogP contribution in [0.5, 0.6) is 11.5 Å². The normalized spacial score (nSPS) is 20.5. The van der Waals surface area contributed by atoms with Gasteiger partial charge in [-0.25, -0.2) is 0 Å². The van der Waals surface area contributed by atoms with Gasteiger partial charge < -0.3 is 19.3 Å². The van der Waals surface area contributed by atoms with E-state index in [0.717, 1.165) is 55.8 Å². The zero-order valence-electron chi connectivity index (χ0n) is 17.0. The lowest BCUT2D eigenvalue weighted by Crippen LogP contribution is -2.42. The third kappa shape index (κ3) is 3.54. The van der Waals surface area contributed by atoms with Gasteiger partial charge in [-0.2, -0.15) is 0 Å². The first-order chi connectivity index (χ1) is 14.2. The molecule has 2 aromatic carbocycles. The Balaban J connectivity index is 1.34. The number of carbonyl (C=O) groups excluding carboxylic acids is 1. The van der Waals surface area contributed by atoms with E-state index in [0.29, 0.717) is 19.8 Å². The minimum absolute atomic E-state index is 0.126. The minimum atomic E-state index is 0.126. The van der Waals surface area contributed by atoms with Gasteiger partial charge in [0.25, 0.3) is 0 Å². The van der Waals surface area contributed by atoms with Crippen molar-refractivity contribution in [2.24, 2.45) is 0 Å². The second-order valence-electron chi connectivity index (χ2n) is 8.31. The summed E-state index contributed by atoms with van der Waals surface area (Å²) in [5, 5.41) is 0. The van der Waals surface area contributed by atoms with E-state index in [9.17, 15) is 4.79 Å². The van der Waals surface area contributed by atoms with E-state index < -0.39 is 0 Å². The average molecular weight is 392 g/mol. The Morgan fingerprint density at radius 3 is 2.79 bits per heavy atom. The topological polar surface area (TPSA) is 42.0 Å². The number of hydrogen-bond donors (Lipinski definition) is 0. The summed E-state index contributed by atoms with van der Waals surface area (Å²) < 4.78 is 11.4. The first kappa shape index (κ1) is 18.3. The number of ether oxygens (including phenoxy) is 2. The van der Waals surface area contributed by atoms with Crippen molar-refractivity contribution >= 4 is 11.6 Å². The molecule has 0 unspecified atom stereocenters. The third-order valence-electron chi connectivity index (χ3n) is 6.30. The summed E-state index contributed by atoms with van der Waals surface area (Å²) >= 11 is 0. The fraction of sp³-hybridized carbons (Fsp3) is 0.458. The van der Waals surface area contributed by atoms with Crippen LogP contribution in [0.25, 0.3) is 0 Å². The fourth-order valence-corrected chi connectivity index (χ4v) is 4.90. The number of rotatable bonds is 3. The van der Waals surface area contributed by atoms with Gasteiger partial charge in [0.05, 0.1) is 12.6 Å². The van der Waals surface area contributed by atoms with Crippen LogP contribution >= 0.6 is 0 Å². The first-order valence-electron chi connectivity index (χ1n) is 10.7. The van der Waals surface area contributed by atoms with Gasteiger partial charge in [0.15, 0.2) is 11.5 Å². The highest BCUT2D eigenvalue weighted by atomic mass is 16.6. The summed E-state index contributed by atoms with van der Waals surface area (Å²) in [6, 6.07) is 12.8. The molecule has 3 aliphatic rings. The molecule has 152 valence electrons. The number of aryl methyl sites for hydroxylation is 2. The summed E-state index contributed by atoms with van der Waals surface area (Å²) in [7, 11) is 0. The standard InChI is InChI=1S/C24H28N2O3/c1-17-6-8-20-18(14-17)4-2-10-25(20)16-24(27)26-11-3-5-21(26)19-7-9-22-23(15-19)29-13-12-28-22/h6-9,14-15,21H,2-5,10-13,16H2,1H3/t21-/m1/s1. The number of benzene rings is 2. The first-order valence-corrected chi connectivity index (χ1v) is 10.7. The fourth-order valence-electron chi connectivity index (χ4n) is 4.90. The Morgan fingerprint density at radius 1 is 1.03 bits per heavy atom. The van der Waals surface area contributed by atoms with Crippen molar-refractivity contribution in [2.45, 2.75) is 38.6 Å². The summed E-state index contributed by atoms with van der Waals surface area (Å²) in [4.78, 5) is 17.6. The Kier molecular flexibility index (Phi) is 4.82. The SMILES string of the molecule is Cc1ccc2c(c1)CCCN2CC(=O)N1CCC[C@@H]1c1ccc2c(c1)OCCO2. The number of hydrogen-bond acceptors (Lipinski definition) is 4. The van der Waals surface area contributed by atoms with Crippen LogP contribution in [0, 0.1) is 6.92 Å². The Hall–Kier alpha value is -2.69. The third-order valence-corrected chi connectivity index (χ3v) is 6.30. The highest BCUT2D eigenvalue weighted by Crippen LogP contribution is 2.38. The summed E-state index contributed by atoms with van der Waals surface area (Å²) in [6.45, 7) is 5.54. The molecule has 2 aromatic rings. The predicted molar refractivity (Wildman–Crippen MR) is 113 cm³/mol. The van der Waals surface area contributed by atoms with Crippen LogP contribution in [-0.2, 0) is 11.2 Å². The minimum Gasteiger partial charge on any atom is -0.486 e. The summed E-state index contributed by atoms with van der Waals surface area (Å²) in [5.74, 6) is 1.82. The van der Waals surface area contributed by atoms with Crippen LogP contribution in [0.1, 0.15) is 42.0 Å². The highest BCUT2D eigenvalue weighted by Gasteiger charge is 2.32. The van der Waals surface area contributed by atoms with Gasteiger partial charge >= 0.3 is 0 Å². The van der Waals surface area contributed by atoms with Gasteiger partial charge in [-0.15, -0.1) is 0 Å². The van der Waals surface area contributed by atoms with E-state index in [1.54, 1.807) is 0 Å². The molecular weight excluding hydrogens is 364 g/mol. The van der Waals surface area contributed by atoms with E-state index >= 15 is 0 Å². The molecule has 0 aliphatic carbocycles. The van der Waals surface area contributed by atoms with Gasteiger partial charge in [0.2, 0.25) is 5.91 Å². The molecule has 0 spiro atoms. The van der Waals surface area contributed by atoms with Gasteiger partial charge in [0, 0.05) is 18.8 Å². The van der Waals surface area contributed by atoms with Crippen molar-refractivity contribution in [2.75, 3.05) is 37.7 Å². The molecule has 5 nitrogen and oxygen atoms in total. The van der Waals surface area contributed by atoms with Crippen molar-refractivity contribution < 1.29 is 14.3 Å². The van der Waals surface area contributed by atoms with Gasteiger partial charge in [-0.05, 0) is 61.9 Å². The number of fused-ring (bicyclic) bond motifs is 2. The molecule has 0 bridgehead atoms. The van der Waals surface area contributed by atoms with Gasteiger partial charge in [-0.3, -0.25) is 4.79 Å². The summed E-state index contributed by atoms with van der Waals surface area (Å²) in [6.07, 6.45) is 4.25. The maximum atomic E-state index is 13.3. The van der Waals surface area contributed by atoms with Crippen molar-refractivity contribution in [3.05, 3.63) is 53.1 Å². The average Bonchev–Trinajstić information content (AvgIpc) is 3.23. The Morgan fingerprint density at radius 2 is 1.90 bits per heavy atom. The van der Waals surface area contributed by atoms with Crippen LogP contribution in [0.2, 0.25) is 0 Å². The largest absolute Gasteiger partial charge is 0.486 e. The van der Waals surface area contributed by atoms with Crippen molar-refractivity contribution in [3.8, 4) is 11.5 Å². The molecule has 1 saturated heterocycles. The molecule has 0 N–H and O–H groups in total. The molecule has 0 saturated carbocycles. The Bertz CT molecular complexity index is 926. The van der Waals surface area contributed by atoms with E-state index in [2.05, 4.69) is 47.1 Å². The molecule has 3 aliphatic heterocycles. The molecule has 5 rings (SSSR count). The van der Waals surface area contributed by atoms with E-state index in [1.807, 2.05) is 6.07 Å². The van der Waals surface area contributed by atoms with Crippen molar-refractivity contribution in [1.29, 1.82) is 0 Å². The zero-order valence-corrected chi connectivity index (χ0v) is 17.0. The second-order valence-corrected chi connectivity index (χ2v) is 8.31. The number of nitrogens with zero attached hydrogens (tertiary/aromatic N) is 2. The lowest BCUT2D eigenvalue weighted by atomic mass is 9.99. The molecule has 5 heteroatoms. The number of carbonyl (C=O) groups is 1.